The Morgan fingerprint density at radius 2 is 1.70 bits per heavy atom. The molecule has 0 unspecified atom stereocenters. The predicted molar refractivity (Wildman–Crippen MR) is 188 cm³/mol. The monoisotopic (exact) mass is 720 g/mol. The van der Waals surface area contributed by atoms with E-state index in [0.717, 1.165) is 41.8 Å². The van der Waals surface area contributed by atoms with Crippen molar-refractivity contribution in [3.8, 4) is 10.6 Å². The zero-order chi connectivity index (χ0) is 33.1. The van der Waals surface area contributed by atoms with Crippen molar-refractivity contribution in [2.24, 2.45) is 0 Å². The van der Waals surface area contributed by atoms with Crippen molar-refractivity contribution in [2.45, 2.75) is 38.1 Å². The van der Waals surface area contributed by atoms with Crippen molar-refractivity contribution in [1.82, 2.24) is 24.7 Å². The molecule has 0 spiro atoms. The second-order valence-corrected chi connectivity index (χ2v) is 14.8. The summed E-state index contributed by atoms with van der Waals surface area (Å²) in [7, 11) is 1.47. The second-order valence-electron chi connectivity index (χ2n) is 12.1. The van der Waals surface area contributed by atoms with Crippen LogP contribution in [0.5, 0.6) is 0 Å². The minimum Gasteiger partial charge on any atom is -0.480 e. The molecule has 3 aromatic heterocycles. The zero-order valence-corrected chi connectivity index (χ0v) is 29.3. The number of aliphatic carboxylic acids is 1. The summed E-state index contributed by atoms with van der Waals surface area (Å²) in [5, 5.41) is 16.3. The zero-order valence-electron chi connectivity index (χ0n) is 26.2. The number of carbonyl (C=O) groups is 3. The SMILES string of the molecule is CN(CC(=O)O)C(=O)N1CCN(c2ncc(C(=O)Nc3nc(-c4cc(Cl)cs4)c(N4CCN(C5CCCCC5)CC4)s3)cc2Cl)CC1. The van der Waals surface area contributed by atoms with E-state index in [0.29, 0.717) is 58.8 Å². The van der Waals surface area contributed by atoms with Gasteiger partial charge in [-0.25, -0.2) is 14.8 Å². The third-order valence-electron chi connectivity index (χ3n) is 8.96. The Hall–Kier alpha value is -3.17. The van der Waals surface area contributed by atoms with Gasteiger partial charge < -0.3 is 24.7 Å². The third-order valence-corrected chi connectivity index (χ3v) is 11.6. The van der Waals surface area contributed by atoms with Crippen LogP contribution in [0.3, 0.4) is 0 Å². The van der Waals surface area contributed by atoms with Gasteiger partial charge in [-0.15, -0.1) is 11.3 Å². The molecule has 0 aromatic carbocycles. The van der Waals surface area contributed by atoms with Gasteiger partial charge in [0.15, 0.2) is 5.13 Å². The number of carboxylic acid groups (broad SMARTS) is 1. The number of nitrogens with one attached hydrogen (secondary N) is 1. The smallest absolute Gasteiger partial charge is 0.323 e. The molecule has 252 valence electrons. The van der Waals surface area contributed by atoms with Gasteiger partial charge in [0, 0.05) is 77.0 Å². The molecule has 0 radical (unpaired) electrons. The third kappa shape index (κ3) is 7.94. The quantitative estimate of drug-likeness (QED) is 0.309. The number of hydrogen-bond acceptors (Lipinski definition) is 10. The summed E-state index contributed by atoms with van der Waals surface area (Å²) in [5.74, 6) is -0.901. The minimum atomic E-state index is -1.06. The Morgan fingerprint density at radius 3 is 2.34 bits per heavy atom. The largest absolute Gasteiger partial charge is 0.480 e. The van der Waals surface area contributed by atoms with Gasteiger partial charge in [-0.05, 0) is 25.0 Å². The van der Waals surface area contributed by atoms with Crippen LogP contribution in [0.1, 0.15) is 42.5 Å². The minimum absolute atomic E-state index is 0.307. The number of thiazole rings is 1. The van der Waals surface area contributed by atoms with Gasteiger partial charge >= 0.3 is 12.0 Å². The number of halogens is 2. The first-order valence-corrected chi connectivity index (χ1v) is 18.3. The van der Waals surface area contributed by atoms with Crippen molar-refractivity contribution in [3.05, 3.63) is 39.3 Å². The second kappa shape index (κ2) is 14.9. The lowest BCUT2D eigenvalue weighted by Crippen LogP contribution is -2.53. The normalized spacial score (nSPS) is 18.0. The van der Waals surface area contributed by atoms with Crippen LogP contribution in [0.4, 0.5) is 20.7 Å². The van der Waals surface area contributed by atoms with Gasteiger partial charge in [-0.3, -0.25) is 19.8 Å². The molecule has 16 heteroatoms. The summed E-state index contributed by atoms with van der Waals surface area (Å²) in [6, 6.07) is 3.86. The number of pyridine rings is 1. The van der Waals surface area contributed by atoms with Crippen molar-refractivity contribution in [2.75, 3.05) is 81.1 Å². The lowest BCUT2D eigenvalue weighted by molar-refractivity contribution is -0.137. The average molecular weight is 722 g/mol. The fourth-order valence-corrected chi connectivity index (χ4v) is 8.93. The van der Waals surface area contributed by atoms with Crippen molar-refractivity contribution >= 4 is 79.7 Å². The molecular formula is C31H38Cl2N8O4S2. The number of thiophene rings is 1. The van der Waals surface area contributed by atoms with E-state index in [1.54, 1.807) is 11.0 Å². The number of carboxylic acids is 1. The maximum Gasteiger partial charge on any atom is 0.323 e. The Balaban J connectivity index is 1.11. The van der Waals surface area contributed by atoms with E-state index >= 15 is 0 Å². The first-order chi connectivity index (χ1) is 22.7. The number of hydrogen-bond donors (Lipinski definition) is 2. The predicted octanol–water partition coefficient (Wildman–Crippen LogP) is 5.54. The molecule has 2 saturated heterocycles. The standard InChI is InChI=1S/C31H38Cl2N8O4S2/c1-37(18-25(42)43)31(45)41-13-9-39(10-14-41)27-23(33)15-20(17-34-27)28(44)36-30-35-26(24-16-21(32)19-46-24)29(47-30)40-11-7-38(8-12-40)22-5-3-2-4-6-22/h15-17,19,22H,2-14,18H2,1H3,(H,42,43)(H,35,36,44). The Kier molecular flexibility index (Phi) is 10.7. The van der Waals surface area contributed by atoms with Gasteiger partial charge in [-0.2, -0.15) is 0 Å². The highest BCUT2D eigenvalue weighted by molar-refractivity contribution is 7.21. The van der Waals surface area contributed by atoms with Crippen LogP contribution < -0.4 is 15.1 Å². The van der Waals surface area contributed by atoms with Crippen LogP contribution in [-0.4, -0.2) is 120 Å². The Labute approximate surface area is 291 Å². The number of urea groups is 1. The maximum absolute atomic E-state index is 13.4. The number of likely N-dealkylation sites (N-methyl/N-ethyl adjacent to an activating group) is 1. The summed E-state index contributed by atoms with van der Waals surface area (Å²) in [4.78, 5) is 57.0. The first-order valence-electron chi connectivity index (χ1n) is 15.8. The highest BCUT2D eigenvalue weighted by Gasteiger charge is 2.29. The number of nitrogens with zero attached hydrogens (tertiary/aromatic N) is 7. The van der Waals surface area contributed by atoms with Gasteiger partial charge in [-0.1, -0.05) is 53.8 Å². The molecule has 3 amide bonds. The van der Waals surface area contributed by atoms with E-state index in [2.05, 4.69) is 20.1 Å². The molecule has 47 heavy (non-hydrogen) atoms. The summed E-state index contributed by atoms with van der Waals surface area (Å²) in [6.07, 6.45) is 8.08. The lowest BCUT2D eigenvalue weighted by Gasteiger charge is -2.41. The van der Waals surface area contributed by atoms with Crippen LogP contribution >= 0.6 is 45.9 Å². The molecule has 3 fully saturated rings. The number of aromatic nitrogens is 2. The number of rotatable bonds is 8. The fourth-order valence-electron chi connectivity index (χ4n) is 6.49. The van der Waals surface area contributed by atoms with E-state index in [1.807, 2.05) is 16.3 Å². The molecule has 1 saturated carbocycles. The molecular weight excluding hydrogens is 683 g/mol. The van der Waals surface area contributed by atoms with Crippen LogP contribution in [0, 0.1) is 0 Å². The number of piperazine rings is 2. The van der Waals surface area contributed by atoms with Gasteiger partial charge in [0.1, 0.15) is 23.1 Å². The highest BCUT2D eigenvalue weighted by Crippen LogP contribution is 2.42. The lowest BCUT2D eigenvalue weighted by atomic mass is 9.94. The van der Waals surface area contributed by atoms with Crippen LogP contribution in [-0.2, 0) is 4.79 Å². The molecule has 5 heterocycles. The van der Waals surface area contributed by atoms with Crippen LogP contribution in [0.2, 0.25) is 10.0 Å². The van der Waals surface area contributed by atoms with E-state index in [-0.39, 0.29) is 18.5 Å². The summed E-state index contributed by atoms with van der Waals surface area (Å²) < 4.78 is 0. The molecule has 6 rings (SSSR count). The molecule has 0 atom stereocenters. The molecule has 0 bridgehead atoms. The highest BCUT2D eigenvalue weighted by atomic mass is 35.5. The van der Waals surface area contributed by atoms with Crippen molar-refractivity contribution in [1.29, 1.82) is 0 Å². The van der Waals surface area contributed by atoms with Crippen LogP contribution in [0.15, 0.2) is 23.7 Å². The fraction of sp³-hybridized carbons (Fsp3) is 0.516. The van der Waals surface area contributed by atoms with Crippen molar-refractivity contribution < 1.29 is 19.5 Å². The van der Waals surface area contributed by atoms with E-state index in [9.17, 15) is 14.4 Å². The maximum atomic E-state index is 13.4. The number of amides is 3. The van der Waals surface area contributed by atoms with E-state index in [4.69, 9.17) is 33.3 Å². The molecule has 3 aliphatic rings. The van der Waals surface area contributed by atoms with Gasteiger partial charge in [0.25, 0.3) is 5.91 Å². The number of anilines is 3. The average Bonchev–Trinajstić information content (AvgIpc) is 3.70. The summed E-state index contributed by atoms with van der Waals surface area (Å²) in [5.41, 5.74) is 1.13. The summed E-state index contributed by atoms with van der Waals surface area (Å²) >= 11 is 15.9. The molecule has 2 aliphatic heterocycles. The molecule has 2 N–H and O–H groups in total. The summed E-state index contributed by atoms with van der Waals surface area (Å²) in [6.45, 7) is 5.19. The molecule has 1 aliphatic carbocycles. The van der Waals surface area contributed by atoms with E-state index in [1.165, 1.54) is 72.9 Å². The van der Waals surface area contributed by atoms with E-state index < -0.39 is 5.97 Å². The number of carbonyl (C=O) groups excluding carboxylic acids is 2. The molecule has 3 aromatic rings. The Bertz CT molecular complexity index is 1600. The van der Waals surface area contributed by atoms with Gasteiger partial charge in [0.2, 0.25) is 0 Å². The van der Waals surface area contributed by atoms with Crippen LogP contribution in [0.25, 0.3) is 10.6 Å². The van der Waals surface area contributed by atoms with Gasteiger partial charge in [0.05, 0.1) is 20.5 Å². The Morgan fingerprint density at radius 1 is 1.00 bits per heavy atom. The topological polar surface area (TPSA) is 125 Å². The van der Waals surface area contributed by atoms with Crippen molar-refractivity contribution in [3.63, 3.8) is 0 Å². The molecule has 12 nitrogen and oxygen atoms in total. The first kappa shape index (κ1) is 33.7.